The first-order chi connectivity index (χ1) is 16.6. The van der Waals surface area contributed by atoms with Crippen molar-refractivity contribution in [1.29, 1.82) is 0 Å². The standard InChI is InChI=1S/C28H26ClN3O2/c1-2-34-23-13-7-20(8-14-23)27-19-25(24-5-3-4-6-26(24)30-27)28(33)32-17-15-31(16-18-32)22-11-9-21(29)10-12-22/h3-14,19H,2,15-18H2,1H3. The van der Waals surface area contributed by atoms with Gasteiger partial charge in [-0.15, -0.1) is 0 Å². The van der Waals surface area contributed by atoms with E-state index in [1.807, 2.05) is 90.7 Å². The van der Waals surface area contributed by atoms with E-state index in [9.17, 15) is 4.79 Å². The Bertz CT molecular complexity index is 1300. The molecule has 2 heterocycles. The van der Waals surface area contributed by atoms with E-state index in [1.165, 1.54) is 0 Å². The molecule has 0 aliphatic carbocycles. The monoisotopic (exact) mass is 471 g/mol. The fraction of sp³-hybridized carbons (Fsp3) is 0.214. The van der Waals surface area contributed by atoms with Crippen molar-refractivity contribution in [3.63, 3.8) is 0 Å². The van der Waals surface area contributed by atoms with Gasteiger partial charge in [-0.3, -0.25) is 4.79 Å². The van der Waals surface area contributed by atoms with Crippen molar-refractivity contribution in [3.05, 3.63) is 89.4 Å². The molecular formula is C28H26ClN3O2. The van der Waals surface area contributed by atoms with Gasteiger partial charge in [-0.05, 0) is 67.6 Å². The third-order valence-corrected chi connectivity index (χ3v) is 6.42. The summed E-state index contributed by atoms with van der Waals surface area (Å²) in [7, 11) is 0. The number of hydrogen-bond acceptors (Lipinski definition) is 4. The Morgan fingerprint density at radius 2 is 1.65 bits per heavy atom. The summed E-state index contributed by atoms with van der Waals surface area (Å²) in [5.74, 6) is 0.864. The molecule has 5 nitrogen and oxygen atoms in total. The molecule has 172 valence electrons. The number of rotatable bonds is 5. The molecule has 1 fully saturated rings. The Hall–Kier alpha value is -3.57. The van der Waals surface area contributed by atoms with Gasteiger partial charge in [0.05, 0.1) is 23.4 Å². The van der Waals surface area contributed by atoms with Crippen molar-refractivity contribution in [2.24, 2.45) is 0 Å². The summed E-state index contributed by atoms with van der Waals surface area (Å²) in [5, 5.41) is 1.60. The highest BCUT2D eigenvalue weighted by Crippen LogP contribution is 2.28. The fourth-order valence-electron chi connectivity index (χ4n) is 4.38. The minimum absolute atomic E-state index is 0.0431. The van der Waals surface area contributed by atoms with Crippen LogP contribution in [0.2, 0.25) is 5.02 Å². The Morgan fingerprint density at radius 1 is 0.941 bits per heavy atom. The number of pyridine rings is 1. The van der Waals surface area contributed by atoms with Gasteiger partial charge in [-0.1, -0.05) is 29.8 Å². The molecule has 1 saturated heterocycles. The van der Waals surface area contributed by atoms with E-state index in [4.69, 9.17) is 21.3 Å². The van der Waals surface area contributed by atoms with E-state index in [-0.39, 0.29) is 5.91 Å². The number of ether oxygens (including phenoxy) is 1. The minimum Gasteiger partial charge on any atom is -0.494 e. The highest BCUT2D eigenvalue weighted by atomic mass is 35.5. The van der Waals surface area contributed by atoms with Crippen LogP contribution >= 0.6 is 11.6 Å². The Balaban J connectivity index is 1.41. The van der Waals surface area contributed by atoms with Crippen LogP contribution in [0.3, 0.4) is 0 Å². The van der Waals surface area contributed by atoms with Crippen LogP contribution in [0.15, 0.2) is 78.9 Å². The molecule has 1 amide bonds. The maximum absolute atomic E-state index is 13.7. The first-order valence-electron chi connectivity index (χ1n) is 11.5. The molecule has 3 aromatic carbocycles. The van der Waals surface area contributed by atoms with E-state index < -0.39 is 0 Å². The van der Waals surface area contributed by atoms with Crippen LogP contribution in [0, 0.1) is 0 Å². The van der Waals surface area contributed by atoms with Gasteiger partial charge in [0.1, 0.15) is 5.75 Å². The second kappa shape index (κ2) is 9.74. The predicted molar refractivity (Wildman–Crippen MR) is 138 cm³/mol. The van der Waals surface area contributed by atoms with Crippen LogP contribution in [-0.4, -0.2) is 48.6 Å². The molecule has 0 bridgehead atoms. The molecule has 5 rings (SSSR count). The summed E-state index contributed by atoms with van der Waals surface area (Å²) in [4.78, 5) is 22.7. The van der Waals surface area contributed by atoms with Crippen LogP contribution < -0.4 is 9.64 Å². The van der Waals surface area contributed by atoms with E-state index in [0.29, 0.717) is 25.3 Å². The molecule has 0 unspecified atom stereocenters. The van der Waals surface area contributed by atoms with Gasteiger partial charge < -0.3 is 14.5 Å². The number of para-hydroxylation sites is 1. The lowest BCUT2D eigenvalue weighted by atomic mass is 10.0. The average Bonchev–Trinajstić information content (AvgIpc) is 2.89. The zero-order valence-corrected chi connectivity index (χ0v) is 19.8. The number of nitrogens with zero attached hydrogens (tertiary/aromatic N) is 3. The van der Waals surface area contributed by atoms with Gasteiger partial charge in [0.15, 0.2) is 0 Å². The summed E-state index contributed by atoms with van der Waals surface area (Å²) in [6.07, 6.45) is 0. The summed E-state index contributed by atoms with van der Waals surface area (Å²) in [6.45, 7) is 5.47. The fourth-order valence-corrected chi connectivity index (χ4v) is 4.50. The Morgan fingerprint density at radius 3 is 2.35 bits per heavy atom. The van der Waals surface area contributed by atoms with E-state index in [1.54, 1.807) is 0 Å². The van der Waals surface area contributed by atoms with Crippen molar-refractivity contribution in [2.75, 3.05) is 37.7 Å². The van der Waals surface area contributed by atoms with Crippen molar-refractivity contribution < 1.29 is 9.53 Å². The number of piperazine rings is 1. The smallest absolute Gasteiger partial charge is 0.254 e. The van der Waals surface area contributed by atoms with E-state index in [2.05, 4.69) is 4.90 Å². The van der Waals surface area contributed by atoms with Gasteiger partial charge in [-0.2, -0.15) is 0 Å². The summed E-state index contributed by atoms with van der Waals surface area (Å²) in [5.41, 5.74) is 4.37. The molecule has 0 spiro atoms. The van der Waals surface area contributed by atoms with Crippen molar-refractivity contribution in [1.82, 2.24) is 9.88 Å². The van der Waals surface area contributed by atoms with Crippen LogP contribution in [-0.2, 0) is 0 Å². The third kappa shape index (κ3) is 4.57. The second-order valence-electron chi connectivity index (χ2n) is 8.29. The SMILES string of the molecule is CCOc1ccc(-c2cc(C(=O)N3CCN(c4ccc(Cl)cc4)CC3)c3ccccc3n2)cc1. The van der Waals surface area contributed by atoms with E-state index >= 15 is 0 Å². The minimum atomic E-state index is 0.0431. The van der Waals surface area contributed by atoms with Crippen LogP contribution in [0.4, 0.5) is 5.69 Å². The predicted octanol–water partition coefficient (Wildman–Crippen LogP) is 5.92. The highest BCUT2D eigenvalue weighted by Gasteiger charge is 2.24. The topological polar surface area (TPSA) is 45.7 Å². The summed E-state index contributed by atoms with van der Waals surface area (Å²) in [6, 6.07) is 25.5. The van der Waals surface area contributed by atoms with Gasteiger partial charge in [0.2, 0.25) is 0 Å². The number of carbonyl (C=O) groups is 1. The zero-order chi connectivity index (χ0) is 23.5. The van der Waals surface area contributed by atoms with Crippen molar-refractivity contribution in [3.8, 4) is 17.0 Å². The van der Waals surface area contributed by atoms with Crippen molar-refractivity contribution in [2.45, 2.75) is 6.92 Å². The second-order valence-corrected chi connectivity index (χ2v) is 8.72. The van der Waals surface area contributed by atoms with Gasteiger partial charge in [0.25, 0.3) is 5.91 Å². The number of anilines is 1. The van der Waals surface area contributed by atoms with Gasteiger partial charge in [-0.25, -0.2) is 4.98 Å². The van der Waals surface area contributed by atoms with Gasteiger partial charge >= 0.3 is 0 Å². The van der Waals surface area contributed by atoms with Gasteiger partial charge in [0, 0.05) is 47.8 Å². The number of hydrogen-bond donors (Lipinski definition) is 0. The lowest BCUT2D eigenvalue weighted by Gasteiger charge is -2.36. The number of carbonyl (C=O) groups excluding carboxylic acids is 1. The molecule has 0 N–H and O–H groups in total. The van der Waals surface area contributed by atoms with Crippen LogP contribution in [0.5, 0.6) is 5.75 Å². The molecule has 6 heteroatoms. The molecule has 0 atom stereocenters. The number of halogens is 1. The maximum atomic E-state index is 13.7. The third-order valence-electron chi connectivity index (χ3n) is 6.17. The molecule has 0 radical (unpaired) electrons. The molecule has 1 aliphatic heterocycles. The normalized spacial score (nSPS) is 13.8. The van der Waals surface area contributed by atoms with Crippen LogP contribution in [0.25, 0.3) is 22.2 Å². The Labute approximate surface area is 204 Å². The Kier molecular flexibility index (Phi) is 6.37. The lowest BCUT2D eigenvalue weighted by Crippen LogP contribution is -2.48. The zero-order valence-electron chi connectivity index (χ0n) is 19.1. The van der Waals surface area contributed by atoms with E-state index in [0.717, 1.165) is 51.7 Å². The number of amides is 1. The number of fused-ring (bicyclic) bond motifs is 1. The van der Waals surface area contributed by atoms with Crippen molar-refractivity contribution >= 4 is 34.1 Å². The number of aromatic nitrogens is 1. The number of benzene rings is 3. The summed E-state index contributed by atoms with van der Waals surface area (Å²) < 4.78 is 5.56. The first-order valence-corrected chi connectivity index (χ1v) is 11.9. The highest BCUT2D eigenvalue weighted by molar-refractivity contribution is 6.30. The molecular weight excluding hydrogens is 446 g/mol. The molecule has 34 heavy (non-hydrogen) atoms. The average molecular weight is 472 g/mol. The largest absolute Gasteiger partial charge is 0.494 e. The van der Waals surface area contributed by atoms with Crippen LogP contribution in [0.1, 0.15) is 17.3 Å². The lowest BCUT2D eigenvalue weighted by molar-refractivity contribution is 0.0748. The molecule has 1 aliphatic rings. The maximum Gasteiger partial charge on any atom is 0.254 e. The first kappa shape index (κ1) is 22.2. The quantitative estimate of drug-likeness (QED) is 0.362. The molecule has 0 saturated carbocycles. The molecule has 4 aromatic rings. The summed E-state index contributed by atoms with van der Waals surface area (Å²) >= 11 is 6.03. The molecule has 1 aromatic heterocycles.